The Kier molecular flexibility index (Phi) is 6.13. The standard InChI is InChI=1S/C14H18ClN3O3/c1-20-8-6-18(5-7-19)10-13-16-14(17-21-13)11-3-2-4-12(15)9-11/h2-4,9,19H,5-8,10H2,1H3. The van der Waals surface area contributed by atoms with Gasteiger partial charge in [-0.2, -0.15) is 4.98 Å². The fourth-order valence-corrected chi connectivity index (χ4v) is 2.08. The first-order valence-electron chi connectivity index (χ1n) is 6.63. The maximum absolute atomic E-state index is 9.06. The van der Waals surface area contributed by atoms with Crippen LogP contribution in [0.1, 0.15) is 5.89 Å². The zero-order valence-electron chi connectivity index (χ0n) is 11.8. The normalized spacial score (nSPS) is 11.2. The summed E-state index contributed by atoms with van der Waals surface area (Å²) in [5, 5.41) is 13.6. The molecule has 0 aliphatic carbocycles. The molecule has 1 N–H and O–H groups in total. The van der Waals surface area contributed by atoms with E-state index in [0.717, 1.165) is 5.56 Å². The van der Waals surface area contributed by atoms with E-state index in [1.54, 1.807) is 19.2 Å². The van der Waals surface area contributed by atoms with E-state index in [2.05, 4.69) is 10.1 Å². The molecule has 7 heteroatoms. The van der Waals surface area contributed by atoms with E-state index >= 15 is 0 Å². The number of halogens is 1. The van der Waals surface area contributed by atoms with Crippen LogP contribution in [0.25, 0.3) is 11.4 Å². The fraction of sp³-hybridized carbons (Fsp3) is 0.429. The van der Waals surface area contributed by atoms with E-state index in [1.807, 2.05) is 17.0 Å². The number of nitrogens with zero attached hydrogens (tertiary/aromatic N) is 3. The lowest BCUT2D eigenvalue weighted by Gasteiger charge is -2.18. The van der Waals surface area contributed by atoms with E-state index in [4.69, 9.17) is 26.0 Å². The molecule has 0 saturated heterocycles. The molecule has 0 spiro atoms. The van der Waals surface area contributed by atoms with Gasteiger partial charge >= 0.3 is 0 Å². The summed E-state index contributed by atoms with van der Waals surface area (Å²) in [6.45, 7) is 2.33. The number of aliphatic hydroxyl groups is 1. The Bertz CT molecular complexity index is 562. The number of hydrogen-bond acceptors (Lipinski definition) is 6. The Morgan fingerprint density at radius 2 is 2.24 bits per heavy atom. The molecule has 0 radical (unpaired) electrons. The highest BCUT2D eigenvalue weighted by Crippen LogP contribution is 2.20. The van der Waals surface area contributed by atoms with E-state index in [9.17, 15) is 0 Å². The first-order chi connectivity index (χ1) is 10.2. The van der Waals surface area contributed by atoms with Crippen LogP contribution in [-0.4, -0.2) is 53.6 Å². The summed E-state index contributed by atoms with van der Waals surface area (Å²) in [6.07, 6.45) is 0. The van der Waals surface area contributed by atoms with Gasteiger partial charge in [-0.1, -0.05) is 28.9 Å². The second-order valence-electron chi connectivity index (χ2n) is 4.51. The molecule has 21 heavy (non-hydrogen) atoms. The lowest BCUT2D eigenvalue weighted by atomic mass is 10.2. The van der Waals surface area contributed by atoms with Crippen LogP contribution in [0.5, 0.6) is 0 Å². The average Bonchev–Trinajstić information content (AvgIpc) is 2.93. The van der Waals surface area contributed by atoms with Crippen molar-refractivity contribution in [2.24, 2.45) is 0 Å². The van der Waals surface area contributed by atoms with Crippen molar-refractivity contribution < 1.29 is 14.4 Å². The van der Waals surface area contributed by atoms with Crippen LogP contribution < -0.4 is 0 Å². The van der Waals surface area contributed by atoms with Gasteiger partial charge in [0.05, 0.1) is 19.8 Å². The monoisotopic (exact) mass is 311 g/mol. The van der Waals surface area contributed by atoms with Gasteiger partial charge in [0.1, 0.15) is 0 Å². The van der Waals surface area contributed by atoms with Crippen LogP contribution in [0.15, 0.2) is 28.8 Å². The van der Waals surface area contributed by atoms with Crippen molar-refractivity contribution in [3.8, 4) is 11.4 Å². The molecule has 0 amide bonds. The maximum atomic E-state index is 9.06. The van der Waals surface area contributed by atoms with Crippen molar-refractivity contribution in [3.63, 3.8) is 0 Å². The number of methoxy groups -OCH3 is 1. The molecule has 1 aromatic carbocycles. The number of hydrogen-bond donors (Lipinski definition) is 1. The summed E-state index contributed by atoms with van der Waals surface area (Å²) in [4.78, 5) is 6.34. The molecule has 114 valence electrons. The molecule has 0 aliphatic heterocycles. The van der Waals surface area contributed by atoms with Crippen LogP contribution >= 0.6 is 11.6 Å². The second kappa shape index (κ2) is 8.09. The highest BCUT2D eigenvalue weighted by molar-refractivity contribution is 6.30. The summed E-state index contributed by atoms with van der Waals surface area (Å²) in [5.74, 6) is 0.998. The molecular formula is C14H18ClN3O3. The van der Waals surface area contributed by atoms with Gasteiger partial charge in [-0.25, -0.2) is 0 Å². The van der Waals surface area contributed by atoms with Gasteiger partial charge in [0.15, 0.2) is 0 Å². The molecule has 0 atom stereocenters. The summed E-state index contributed by atoms with van der Waals surface area (Å²) < 4.78 is 10.3. The minimum Gasteiger partial charge on any atom is -0.395 e. The van der Waals surface area contributed by atoms with E-state index in [-0.39, 0.29) is 6.61 Å². The highest BCUT2D eigenvalue weighted by atomic mass is 35.5. The molecule has 2 rings (SSSR count). The van der Waals surface area contributed by atoms with E-state index in [1.165, 1.54) is 0 Å². The van der Waals surface area contributed by atoms with Gasteiger partial charge in [0, 0.05) is 30.8 Å². The van der Waals surface area contributed by atoms with Crippen LogP contribution in [0, 0.1) is 0 Å². The third-order valence-electron chi connectivity index (χ3n) is 2.94. The number of rotatable bonds is 8. The number of ether oxygens (including phenoxy) is 1. The highest BCUT2D eigenvalue weighted by Gasteiger charge is 2.13. The molecule has 0 unspecified atom stereocenters. The van der Waals surface area contributed by atoms with Crippen LogP contribution in [-0.2, 0) is 11.3 Å². The SMILES string of the molecule is COCCN(CCO)Cc1nc(-c2cccc(Cl)c2)no1. The molecule has 0 bridgehead atoms. The minimum absolute atomic E-state index is 0.0685. The van der Waals surface area contributed by atoms with Crippen molar-refractivity contribution >= 4 is 11.6 Å². The number of benzene rings is 1. The van der Waals surface area contributed by atoms with Crippen LogP contribution in [0.3, 0.4) is 0 Å². The van der Waals surface area contributed by atoms with Crippen molar-refractivity contribution in [2.45, 2.75) is 6.54 Å². The Hall–Kier alpha value is -1.47. The number of aromatic nitrogens is 2. The maximum Gasteiger partial charge on any atom is 0.241 e. The van der Waals surface area contributed by atoms with Crippen molar-refractivity contribution in [2.75, 3.05) is 33.4 Å². The van der Waals surface area contributed by atoms with Crippen molar-refractivity contribution in [1.82, 2.24) is 15.0 Å². The molecule has 1 heterocycles. The van der Waals surface area contributed by atoms with Crippen LogP contribution in [0.2, 0.25) is 5.02 Å². The smallest absolute Gasteiger partial charge is 0.241 e. The Balaban J connectivity index is 2.04. The summed E-state index contributed by atoms with van der Waals surface area (Å²) in [6, 6.07) is 7.29. The average molecular weight is 312 g/mol. The van der Waals surface area contributed by atoms with Gasteiger partial charge < -0.3 is 14.4 Å². The van der Waals surface area contributed by atoms with Crippen molar-refractivity contribution in [1.29, 1.82) is 0 Å². The quantitative estimate of drug-likeness (QED) is 0.802. The van der Waals surface area contributed by atoms with Gasteiger partial charge in [-0.3, -0.25) is 4.90 Å². The lowest BCUT2D eigenvalue weighted by Crippen LogP contribution is -2.29. The largest absolute Gasteiger partial charge is 0.395 e. The molecule has 0 aliphatic rings. The minimum atomic E-state index is 0.0685. The van der Waals surface area contributed by atoms with Gasteiger partial charge in [0.25, 0.3) is 0 Å². The first kappa shape index (κ1) is 15.9. The summed E-state index contributed by atoms with van der Waals surface area (Å²) >= 11 is 5.95. The van der Waals surface area contributed by atoms with Gasteiger partial charge in [-0.05, 0) is 12.1 Å². The zero-order chi connectivity index (χ0) is 15.1. The third kappa shape index (κ3) is 4.78. The topological polar surface area (TPSA) is 71.6 Å². The van der Waals surface area contributed by atoms with Gasteiger partial charge in [0.2, 0.25) is 11.7 Å². The zero-order valence-corrected chi connectivity index (χ0v) is 12.6. The van der Waals surface area contributed by atoms with E-state index in [0.29, 0.717) is 43.0 Å². The fourth-order valence-electron chi connectivity index (χ4n) is 1.89. The molecule has 6 nitrogen and oxygen atoms in total. The van der Waals surface area contributed by atoms with E-state index < -0.39 is 0 Å². The molecule has 1 aromatic heterocycles. The Labute approximate surface area is 128 Å². The van der Waals surface area contributed by atoms with Crippen molar-refractivity contribution in [3.05, 3.63) is 35.2 Å². The number of aliphatic hydroxyl groups excluding tert-OH is 1. The predicted molar refractivity (Wildman–Crippen MR) is 79.0 cm³/mol. The lowest BCUT2D eigenvalue weighted by molar-refractivity contribution is 0.118. The second-order valence-corrected chi connectivity index (χ2v) is 4.95. The Morgan fingerprint density at radius 1 is 1.38 bits per heavy atom. The Morgan fingerprint density at radius 3 is 2.95 bits per heavy atom. The summed E-state index contributed by atoms with van der Waals surface area (Å²) in [5.41, 5.74) is 0.808. The van der Waals surface area contributed by atoms with Crippen LogP contribution in [0.4, 0.5) is 0 Å². The predicted octanol–water partition coefficient (Wildman–Crippen LogP) is 1.83. The molecule has 0 fully saturated rings. The third-order valence-corrected chi connectivity index (χ3v) is 3.17. The molecule has 0 saturated carbocycles. The molecule has 2 aromatic rings. The molecular weight excluding hydrogens is 294 g/mol. The van der Waals surface area contributed by atoms with Gasteiger partial charge in [-0.15, -0.1) is 0 Å². The summed E-state index contributed by atoms with van der Waals surface area (Å²) in [7, 11) is 1.64. The first-order valence-corrected chi connectivity index (χ1v) is 7.01.